The topological polar surface area (TPSA) is 53.4 Å². The standard InChI is InChI=1S/C8H12N2O2S/c1-6-5-9-8(13-6)10(2)4-3-7(11)12/h5H,3-4H2,1-2H3,(H,11,12). The van der Waals surface area contributed by atoms with E-state index in [0.29, 0.717) is 6.54 Å². The van der Waals surface area contributed by atoms with Crippen LogP contribution in [0.3, 0.4) is 0 Å². The predicted octanol–water partition coefficient (Wildman–Crippen LogP) is 1.36. The molecule has 0 aliphatic carbocycles. The van der Waals surface area contributed by atoms with Crippen LogP contribution in [0.5, 0.6) is 0 Å². The van der Waals surface area contributed by atoms with Crippen LogP contribution in [0.1, 0.15) is 11.3 Å². The van der Waals surface area contributed by atoms with Crippen molar-refractivity contribution in [1.29, 1.82) is 0 Å². The van der Waals surface area contributed by atoms with Gasteiger partial charge in [0, 0.05) is 24.7 Å². The van der Waals surface area contributed by atoms with Crippen LogP contribution in [-0.2, 0) is 4.79 Å². The number of anilines is 1. The Labute approximate surface area is 80.8 Å². The van der Waals surface area contributed by atoms with Crippen molar-refractivity contribution in [1.82, 2.24) is 4.98 Å². The van der Waals surface area contributed by atoms with E-state index in [-0.39, 0.29) is 6.42 Å². The fourth-order valence-electron chi connectivity index (χ4n) is 0.878. The molecule has 1 aromatic heterocycles. The molecule has 13 heavy (non-hydrogen) atoms. The van der Waals surface area contributed by atoms with Gasteiger partial charge in [-0.15, -0.1) is 11.3 Å². The maximum Gasteiger partial charge on any atom is 0.305 e. The van der Waals surface area contributed by atoms with Gasteiger partial charge in [0.2, 0.25) is 0 Å². The lowest BCUT2D eigenvalue weighted by molar-refractivity contribution is -0.136. The van der Waals surface area contributed by atoms with Gasteiger partial charge in [-0.3, -0.25) is 4.79 Å². The summed E-state index contributed by atoms with van der Waals surface area (Å²) in [5.74, 6) is -0.778. The van der Waals surface area contributed by atoms with E-state index < -0.39 is 5.97 Å². The van der Waals surface area contributed by atoms with Gasteiger partial charge in [0.25, 0.3) is 0 Å². The second-order valence-electron chi connectivity index (χ2n) is 2.82. The molecule has 0 saturated heterocycles. The molecule has 4 nitrogen and oxygen atoms in total. The van der Waals surface area contributed by atoms with Gasteiger partial charge >= 0.3 is 5.97 Å². The lowest BCUT2D eigenvalue weighted by Gasteiger charge is -2.13. The highest BCUT2D eigenvalue weighted by atomic mass is 32.1. The van der Waals surface area contributed by atoms with Crippen molar-refractivity contribution in [2.24, 2.45) is 0 Å². The van der Waals surface area contributed by atoms with E-state index in [4.69, 9.17) is 5.11 Å². The van der Waals surface area contributed by atoms with Crippen LogP contribution in [0.15, 0.2) is 6.20 Å². The molecule has 0 amide bonds. The molecular formula is C8H12N2O2S. The largest absolute Gasteiger partial charge is 0.481 e. The van der Waals surface area contributed by atoms with Crippen molar-refractivity contribution in [2.45, 2.75) is 13.3 Å². The molecule has 72 valence electrons. The summed E-state index contributed by atoms with van der Waals surface area (Å²) in [6.07, 6.45) is 1.94. The third-order valence-corrected chi connectivity index (χ3v) is 2.62. The van der Waals surface area contributed by atoms with E-state index in [1.807, 2.05) is 18.9 Å². The summed E-state index contributed by atoms with van der Waals surface area (Å²) in [5, 5.41) is 9.34. The monoisotopic (exact) mass is 200 g/mol. The molecule has 0 fully saturated rings. The van der Waals surface area contributed by atoms with Crippen molar-refractivity contribution in [2.75, 3.05) is 18.5 Å². The van der Waals surface area contributed by atoms with Gasteiger partial charge < -0.3 is 10.0 Å². The molecule has 0 unspecified atom stereocenters. The second-order valence-corrected chi connectivity index (χ2v) is 4.03. The first kappa shape index (κ1) is 9.98. The summed E-state index contributed by atoms with van der Waals surface area (Å²) in [6, 6.07) is 0. The Hall–Kier alpha value is -1.10. The molecule has 0 radical (unpaired) electrons. The minimum absolute atomic E-state index is 0.148. The van der Waals surface area contributed by atoms with E-state index in [1.165, 1.54) is 0 Å². The lowest BCUT2D eigenvalue weighted by atomic mass is 10.4. The van der Waals surface area contributed by atoms with Crippen LogP contribution in [-0.4, -0.2) is 29.7 Å². The number of aliphatic carboxylic acids is 1. The first-order valence-electron chi connectivity index (χ1n) is 3.95. The first-order chi connectivity index (χ1) is 6.09. The van der Waals surface area contributed by atoms with Gasteiger partial charge in [-0.2, -0.15) is 0 Å². The van der Waals surface area contributed by atoms with E-state index in [0.717, 1.165) is 10.0 Å². The number of carbonyl (C=O) groups is 1. The molecule has 1 rings (SSSR count). The molecule has 5 heteroatoms. The summed E-state index contributed by atoms with van der Waals surface area (Å²) >= 11 is 1.57. The average molecular weight is 200 g/mol. The molecule has 0 bridgehead atoms. The number of carboxylic acid groups (broad SMARTS) is 1. The van der Waals surface area contributed by atoms with Crippen LogP contribution in [0.4, 0.5) is 5.13 Å². The first-order valence-corrected chi connectivity index (χ1v) is 4.76. The molecule has 0 spiro atoms. The van der Waals surface area contributed by atoms with Gasteiger partial charge in [0.05, 0.1) is 6.42 Å². The summed E-state index contributed by atoms with van der Waals surface area (Å²) in [5.41, 5.74) is 0. The molecule has 0 saturated carbocycles. The third-order valence-electron chi connectivity index (χ3n) is 1.60. The van der Waals surface area contributed by atoms with Crippen molar-refractivity contribution in [3.8, 4) is 0 Å². The minimum Gasteiger partial charge on any atom is -0.481 e. The molecular weight excluding hydrogens is 188 g/mol. The van der Waals surface area contributed by atoms with Gasteiger partial charge in [-0.1, -0.05) is 0 Å². The lowest BCUT2D eigenvalue weighted by Crippen LogP contribution is -2.20. The number of hydrogen-bond acceptors (Lipinski definition) is 4. The smallest absolute Gasteiger partial charge is 0.305 e. The number of carboxylic acids is 1. The molecule has 0 aliphatic heterocycles. The van der Waals surface area contributed by atoms with Gasteiger partial charge in [0.1, 0.15) is 0 Å². The van der Waals surface area contributed by atoms with E-state index in [1.54, 1.807) is 17.5 Å². The average Bonchev–Trinajstić information content (AvgIpc) is 2.47. The highest BCUT2D eigenvalue weighted by molar-refractivity contribution is 7.15. The van der Waals surface area contributed by atoms with E-state index >= 15 is 0 Å². The predicted molar refractivity (Wildman–Crippen MR) is 52.4 cm³/mol. The number of aromatic nitrogens is 1. The number of thiazole rings is 1. The Morgan fingerprint density at radius 1 is 1.77 bits per heavy atom. The Kier molecular flexibility index (Phi) is 3.25. The Balaban J connectivity index is 2.48. The number of aryl methyl sites for hydroxylation is 1. The molecule has 0 aromatic carbocycles. The van der Waals surface area contributed by atoms with Gasteiger partial charge in [-0.25, -0.2) is 4.98 Å². The number of rotatable bonds is 4. The number of hydrogen-bond donors (Lipinski definition) is 1. The van der Waals surface area contributed by atoms with Crippen LogP contribution in [0, 0.1) is 6.92 Å². The maximum atomic E-state index is 10.3. The second kappa shape index (κ2) is 4.23. The van der Waals surface area contributed by atoms with Crippen LogP contribution in [0.2, 0.25) is 0 Å². The third kappa shape index (κ3) is 3.02. The van der Waals surface area contributed by atoms with Crippen LogP contribution in [0.25, 0.3) is 0 Å². The van der Waals surface area contributed by atoms with Crippen molar-refractivity contribution in [3.63, 3.8) is 0 Å². The van der Waals surface area contributed by atoms with Crippen LogP contribution >= 0.6 is 11.3 Å². The highest BCUT2D eigenvalue weighted by Crippen LogP contribution is 2.20. The zero-order chi connectivity index (χ0) is 9.84. The summed E-state index contributed by atoms with van der Waals surface area (Å²) in [4.78, 5) is 17.4. The quantitative estimate of drug-likeness (QED) is 0.797. The van der Waals surface area contributed by atoms with Crippen molar-refractivity contribution < 1.29 is 9.90 Å². The van der Waals surface area contributed by atoms with Crippen molar-refractivity contribution in [3.05, 3.63) is 11.1 Å². The zero-order valence-electron chi connectivity index (χ0n) is 7.65. The Morgan fingerprint density at radius 3 is 2.92 bits per heavy atom. The Bertz CT molecular complexity index is 298. The highest BCUT2D eigenvalue weighted by Gasteiger charge is 2.06. The fraction of sp³-hybridized carbons (Fsp3) is 0.500. The minimum atomic E-state index is -0.778. The molecule has 1 heterocycles. The molecule has 1 N–H and O–H groups in total. The molecule has 0 aliphatic rings. The van der Waals surface area contributed by atoms with E-state index in [2.05, 4.69) is 4.98 Å². The summed E-state index contributed by atoms with van der Waals surface area (Å²) in [6.45, 7) is 2.48. The SMILES string of the molecule is Cc1cnc(N(C)CCC(=O)O)s1. The number of nitrogens with zero attached hydrogens (tertiary/aromatic N) is 2. The molecule has 1 aromatic rings. The Morgan fingerprint density at radius 2 is 2.46 bits per heavy atom. The van der Waals surface area contributed by atoms with Crippen LogP contribution < -0.4 is 4.90 Å². The fourth-order valence-corrected chi connectivity index (χ4v) is 1.62. The normalized spacial score (nSPS) is 10.0. The zero-order valence-corrected chi connectivity index (χ0v) is 8.47. The maximum absolute atomic E-state index is 10.3. The summed E-state index contributed by atoms with van der Waals surface area (Å²) < 4.78 is 0. The van der Waals surface area contributed by atoms with Gasteiger partial charge in [0.15, 0.2) is 5.13 Å². The van der Waals surface area contributed by atoms with Gasteiger partial charge in [-0.05, 0) is 6.92 Å². The summed E-state index contributed by atoms with van der Waals surface area (Å²) in [7, 11) is 1.85. The van der Waals surface area contributed by atoms with E-state index in [9.17, 15) is 4.79 Å². The van der Waals surface area contributed by atoms with Crippen molar-refractivity contribution >= 4 is 22.4 Å². The molecule has 0 atom stereocenters.